The van der Waals surface area contributed by atoms with Gasteiger partial charge < -0.3 is 10.0 Å². The van der Waals surface area contributed by atoms with Gasteiger partial charge in [-0.05, 0) is 30.9 Å². The van der Waals surface area contributed by atoms with Crippen LogP contribution in [0.15, 0.2) is 24.3 Å². The molecule has 98 valence electrons. The van der Waals surface area contributed by atoms with E-state index in [2.05, 4.69) is 6.92 Å². The molecule has 1 amide bonds. The van der Waals surface area contributed by atoms with E-state index in [1.807, 2.05) is 6.07 Å². The number of aliphatic hydroxyl groups is 1. The van der Waals surface area contributed by atoms with Crippen LogP contribution in [0.25, 0.3) is 0 Å². The summed E-state index contributed by atoms with van der Waals surface area (Å²) < 4.78 is 0. The average Bonchev–Trinajstić information content (AvgIpc) is 2.38. The molecule has 2 rings (SSSR count). The monoisotopic (exact) mass is 267 g/mol. The second kappa shape index (κ2) is 5.72. The van der Waals surface area contributed by atoms with Crippen molar-refractivity contribution in [3.8, 4) is 0 Å². The molecule has 1 aromatic rings. The molecular formula is C14H18ClNO2. The Kier molecular flexibility index (Phi) is 4.25. The lowest BCUT2D eigenvalue weighted by molar-refractivity contribution is 0.0358. The summed E-state index contributed by atoms with van der Waals surface area (Å²) in [5, 5.41) is 9.94. The van der Waals surface area contributed by atoms with Crippen molar-refractivity contribution in [1.82, 2.24) is 4.90 Å². The molecule has 4 heteroatoms. The van der Waals surface area contributed by atoms with Crippen molar-refractivity contribution in [1.29, 1.82) is 0 Å². The molecule has 0 spiro atoms. The van der Waals surface area contributed by atoms with E-state index in [4.69, 9.17) is 11.6 Å². The van der Waals surface area contributed by atoms with E-state index < -0.39 is 0 Å². The van der Waals surface area contributed by atoms with Crippen molar-refractivity contribution in [2.24, 2.45) is 5.92 Å². The van der Waals surface area contributed by atoms with Crippen molar-refractivity contribution < 1.29 is 9.90 Å². The van der Waals surface area contributed by atoms with Gasteiger partial charge in [-0.25, -0.2) is 0 Å². The molecule has 1 saturated heterocycles. The summed E-state index contributed by atoms with van der Waals surface area (Å²) in [7, 11) is 0. The van der Waals surface area contributed by atoms with Gasteiger partial charge in [0.05, 0.1) is 23.2 Å². The minimum atomic E-state index is -0.0949. The summed E-state index contributed by atoms with van der Waals surface area (Å²) >= 11 is 6.06. The summed E-state index contributed by atoms with van der Waals surface area (Å²) in [6.45, 7) is 2.78. The first kappa shape index (κ1) is 13.4. The Balaban J connectivity index is 2.25. The third kappa shape index (κ3) is 2.52. The second-order valence-electron chi connectivity index (χ2n) is 4.85. The number of likely N-dealkylation sites (tertiary alicyclic amines) is 1. The number of hydrogen-bond donors (Lipinski definition) is 1. The van der Waals surface area contributed by atoms with Gasteiger partial charge >= 0.3 is 0 Å². The quantitative estimate of drug-likeness (QED) is 0.895. The van der Waals surface area contributed by atoms with Gasteiger partial charge in [0, 0.05) is 6.54 Å². The number of carbonyl (C=O) groups excluding carboxylic acids is 1. The molecule has 0 aliphatic carbocycles. The molecular weight excluding hydrogens is 250 g/mol. The zero-order chi connectivity index (χ0) is 13.1. The van der Waals surface area contributed by atoms with Gasteiger partial charge in [-0.15, -0.1) is 0 Å². The second-order valence-corrected chi connectivity index (χ2v) is 5.26. The molecule has 2 unspecified atom stereocenters. The van der Waals surface area contributed by atoms with E-state index >= 15 is 0 Å². The number of hydrogen-bond acceptors (Lipinski definition) is 2. The normalized spacial score (nSPS) is 24.1. The predicted octanol–water partition coefficient (Wildman–Crippen LogP) is 2.57. The van der Waals surface area contributed by atoms with Crippen molar-refractivity contribution in [3.05, 3.63) is 34.9 Å². The van der Waals surface area contributed by atoms with Crippen LogP contribution in [-0.4, -0.2) is 35.1 Å². The Morgan fingerprint density at radius 2 is 2.22 bits per heavy atom. The highest BCUT2D eigenvalue weighted by molar-refractivity contribution is 6.33. The first-order chi connectivity index (χ1) is 8.65. The molecule has 1 aliphatic heterocycles. The van der Waals surface area contributed by atoms with E-state index in [0.29, 0.717) is 23.0 Å². The van der Waals surface area contributed by atoms with Crippen LogP contribution in [0, 0.1) is 5.92 Å². The van der Waals surface area contributed by atoms with Crippen LogP contribution in [0.4, 0.5) is 0 Å². The Labute approximate surface area is 112 Å². The van der Waals surface area contributed by atoms with Gasteiger partial charge in [-0.1, -0.05) is 30.7 Å². The molecule has 1 heterocycles. The van der Waals surface area contributed by atoms with E-state index in [0.717, 1.165) is 12.8 Å². The minimum Gasteiger partial charge on any atom is -0.394 e. The molecule has 3 nitrogen and oxygen atoms in total. The first-order valence-corrected chi connectivity index (χ1v) is 6.69. The number of carbonyl (C=O) groups is 1. The molecule has 1 aliphatic rings. The van der Waals surface area contributed by atoms with Crippen molar-refractivity contribution in [2.45, 2.75) is 25.8 Å². The fourth-order valence-corrected chi connectivity index (χ4v) is 2.79. The fraction of sp³-hybridized carbons (Fsp3) is 0.500. The van der Waals surface area contributed by atoms with Crippen LogP contribution < -0.4 is 0 Å². The molecule has 1 N–H and O–H groups in total. The van der Waals surface area contributed by atoms with Gasteiger partial charge in [0.2, 0.25) is 0 Å². The van der Waals surface area contributed by atoms with Gasteiger partial charge in [0.1, 0.15) is 0 Å². The van der Waals surface area contributed by atoms with Crippen LogP contribution in [-0.2, 0) is 0 Å². The van der Waals surface area contributed by atoms with Crippen molar-refractivity contribution in [3.63, 3.8) is 0 Å². The van der Waals surface area contributed by atoms with Crippen molar-refractivity contribution in [2.75, 3.05) is 13.2 Å². The highest BCUT2D eigenvalue weighted by atomic mass is 35.5. The lowest BCUT2D eigenvalue weighted by atomic mass is 9.90. The molecule has 2 atom stereocenters. The van der Waals surface area contributed by atoms with Crippen LogP contribution in [0.5, 0.6) is 0 Å². The van der Waals surface area contributed by atoms with Crippen LogP contribution in [0.2, 0.25) is 5.02 Å². The maximum absolute atomic E-state index is 12.5. The number of halogens is 1. The highest BCUT2D eigenvalue weighted by Gasteiger charge is 2.32. The number of benzene rings is 1. The predicted molar refractivity (Wildman–Crippen MR) is 71.8 cm³/mol. The van der Waals surface area contributed by atoms with Gasteiger partial charge in [0.25, 0.3) is 5.91 Å². The van der Waals surface area contributed by atoms with Crippen molar-refractivity contribution >= 4 is 17.5 Å². The van der Waals surface area contributed by atoms with Gasteiger partial charge in [-0.2, -0.15) is 0 Å². The lowest BCUT2D eigenvalue weighted by Gasteiger charge is -2.39. The van der Waals surface area contributed by atoms with E-state index in [9.17, 15) is 9.90 Å². The Morgan fingerprint density at radius 1 is 1.50 bits per heavy atom. The smallest absolute Gasteiger partial charge is 0.255 e. The first-order valence-electron chi connectivity index (χ1n) is 6.31. The molecule has 0 aromatic heterocycles. The summed E-state index contributed by atoms with van der Waals surface area (Å²) in [6.07, 6.45) is 2.03. The summed E-state index contributed by atoms with van der Waals surface area (Å²) in [6, 6.07) is 6.97. The fourth-order valence-electron chi connectivity index (χ4n) is 2.57. The molecule has 0 radical (unpaired) electrons. The molecule has 0 bridgehead atoms. The van der Waals surface area contributed by atoms with E-state index in [1.165, 1.54) is 0 Å². The molecule has 0 saturated carbocycles. The zero-order valence-electron chi connectivity index (χ0n) is 10.5. The Hall–Kier alpha value is -1.06. The van der Waals surface area contributed by atoms with Gasteiger partial charge in [0.15, 0.2) is 0 Å². The highest BCUT2D eigenvalue weighted by Crippen LogP contribution is 2.26. The number of rotatable bonds is 2. The molecule has 1 aromatic carbocycles. The maximum Gasteiger partial charge on any atom is 0.255 e. The van der Waals surface area contributed by atoms with E-state index in [-0.39, 0.29) is 18.6 Å². The number of piperidine rings is 1. The lowest BCUT2D eigenvalue weighted by Crippen LogP contribution is -2.49. The zero-order valence-corrected chi connectivity index (χ0v) is 11.2. The van der Waals surface area contributed by atoms with Crippen LogP contribution in [0.1, 0.15) is 30.1 Å². The molecule has 18 heavy (non-hydrogen) atoms. The minimum absolute atomic E-state index is 0.0113. The van der Waals surface area contributed by atoms with Crippen LogP contribution in [0.3, 0.4) is 0 Å². The topological polar surface area (TPSA) is 40.5 Å². The number of nitrogens with zero attached hydrogens (tertiary/aromatic N) is 1. The number of aliphatic hydroxyl groups excluding tert-OH is 1. The SMILES string of the molecule is CC1CCCN(C(=O)c2ccccc2Cl)C1CO. The third-order valence-corrected chi connectivity index (χ3v) is 4.00. The van der Waals surface area contributed by atoms with E-state index in [1.54, 1.807) is 23.1 Å². The Morgan fingerprint density at radius 3 is 2.89 bits per heavy atom. The maximum atomic E-state index is 12.5. The summed E-state index contributed by atoms with van der Waals surface area (Å²) in [4.78, 5) is 14.2. The Bertz CT molecular complexity index is 436. The van der Waals surface area contributed by atoms with Crippen LogP contribution >= 0.6 is 11.6 Å². The molecule has 1 fully saturated rings. The third-order valence-electron chi connectivity index (χ3n) is 3.67. The average molecular weight is 268 g/mol. The summed E-state index contributed by atoms with van der Waals surface area (Å²) in [5.74, 6) is 0.251. The number of amides is 1. The van der Waals surface area contributed by atoms with Gasteiger partial charge in [-0.3, -0.25) is 4.79 Å². The summed E-state index contributed by atoms with van der Waals surface area (Å²) in [5.41, 5.74) is 0.520. The standard InChI is InChI=1S/C14H18ClNO2/c1-10-5-4-8-16(13(10)9-17)14(18)11-6-2-3-7-12(11)15/h2-3,6-7,10,13,17H,4-5,8-9H2,1H3. The largest absolute Gasteiger partial charge is 0.394 e.